The molecule has 49 heavy (non-hydrogen) atoms. The third-order valence-corrected chi connectivity index (χ3v) is 9.68. The Hall–Kier alpha value is -5.43. The van der Waals surface area contributed by atoms with E-state index >= 15 is 0 Å². The lowest BCUT2D eigenvalue weighted by molar-refractivity contribution is -0.385. The zero-order chi connectivity index (χ0) is 35.6. The maximum atomic E-state index is 14.6. The summed E-state index contributed by atoms with van der Waals surface area (Å²) in [6.07, 6.45) is 0.825. The number of rotatable bonds is 16. The molecule has 0 radical (unpaired) electrons. The molecule has 2 amide bonds. The van der Waals surface area contributed by atoms with Crippen LogP contribution in [-0.2, 0) is 32.6 Å². The fourth-order valence-corrected chi connectivity index (χ4v) is 6.67. The number of sulfonamides is 1. The number of nitro benzene ring substituents is 1. The second kappa shape index (κ2) is 16.6. The van der Waals surface area contributed by atoms with Crippen LogP contribution < -0.4 is 19.1 Å². The number of anilines is 1. The van der Waals surface area contributed by atoms with Crippen LogP contribution in [0.15, 0.2) is 102 Å². The van der Waals surface area contributed by atoms with Crippen molar-refractivity contribution in [3.05, 3.63) is 124 Å². The van der Waals surface area contributed by atoms with Crippen LogP contribution in [0, 0.1) is 17.0 Å². The van der Waals surface area contributed by atoms with Gasteiger partial charge in [0.05, 0.1) is 29.7 Å². The van der Waals surface area contributed by atoms with Gasteiger partial charge in [0.15, 0.2) is 0 Å². The van der Waals surface area contributed by atoms with Gasteiger partial charge in [-0.3, -0.25) is 24.0 Å². The highest BCUT2D eigenvalue weighted by Crippen LogP contribution is 2.30. The predicted molar refractivity (Wildman–Crippen MR) is 186 cm³/mol. The molecule has 4 aromatic rings. The molecule has 258 valence electrons. The normalized spacial score (nSPS) is 11.7. The second-order valence-corrected chi connectivity index (χ2v) is 13.1. The van der Waals surface area contributed by atoms with E-state index in [9.17, 15) is 28.1 Å². The molecule has 4 rings (SSSR count). The Labute approximate surface area is 286 Å². The molecular formula is C36H40N4O8S. The first-order chi connectivity index (χ1) is 23.5. The van der Waals surface area contributed by atoms with Gasteiger partial charge in [-0.05, 0) is 66.9 Å². The zero-order valence-electron chi connectivity index (χ0n) is 27.9. The van der Waals surface area contributed by atoms with Crippen LogP contribution in [-0.4, -0.2) is 63.4 Å². The van der Waals surface area contributed by atoms with E-state index in [4.69, 9.17) is 9.47 Å². The smallest absolute Gasteiger partial charge is 0.273 e. The summed E-state index contributed by atoms with van der Waals surface area (Å²) in [5.41, 5.74) is 1.48. The monoisotopic (exact) mass is 688 g/mol. The van der Waals surface area contributed by atoms with Crippen LogP contribution in [0.4, 0.5) is 11.4 Å². The Morgan fingerprint density at radius 2 is 1.55 bits per heavy atom. The second-order valence-electron chi connectivity index (χ2n) is 11.3. The van der Waals surface area contributed by atoms with Crippen LogP contribution >= 0.6 is 0 Å². The summed E-state index contributed by atoms with van der Waals surface area (Å²) >= 11 is 0. The Kier molecular flexibility index (Phi) is 12.3. The van der Waals surface area contributed by atoms with Crippen molar-refractivity contribution in [1.82, 2.24) is 10.2 Å². The molecule has 4 aromatic carbocycles. The van der Waals surface area contributed by atoms with Crippen molar-refractivity contribution in [2.75, 3.05) is 31.6 Å². The standard InChI is InChI=1S/C36H40N4O8S/c1-5-20-37-36(42)34(22-27-10-7-6-8-11-27)38(24-28-12-9-13-31(21-28)48-4)35(41)25-39(29-15-17-30(47-3)18-16-29)49(45,46)32-19-14-26(2)33(23-32)40(43)44/h6-19,21,23,34H,5,20,22,24-25H2,1-4H3,(H,37,42)/t34-/m1/s1. The molecule has 0 aliphatic carbocycles. The topological polar surface area (TPSA) is 148 Å². The van der Waals surface area contributed by atoms with E-state index in [0.29, 0.717) is 30.0 Å². The molecular weight excluding hydrogens is 648 g/mol. The minimum absolute atomic E-state index is 0.0421. The minimum atomic E-state index is -4.56. The van der Waals surface area contributed by atoms with Crippen LogP contribution in [0.5, 0.6) is 11.5 Å². The molecule has 0 fully saturated rings. The van der Waals surface area contributed by atoms with E-state index in [2.05, 4.69) is 5.32 Å². The van der Waals surface area contributed by atoms with Crippen molar-refractivity contribution < 1.29 is 32.4 Å². The van der Waals surface area contributed by atoms with Gasteiger partial charge in [0.1, 0.15) is 24.1 Å². The number of amides is 2. The molecule has 0 aliphatic rings. The minimum Gasteiger partial charge on any atom is -0.497 e. The van der Waals surface area contributed by atoms with Gasteiger partial charge in [0, 0.05) is 31.1 Å². The number of ether oxygens (including phenoxy) is 2. The van der Waals surface area contributed by atoms with Crippen LogP contribution in [0.1, 0.15) is 30.0 Å². The molecule has 0 spiro atoms. The van der Waals surface area contributed by atoms with Crippen LogP contribution in [0.25, 0.3) is 0 Å². The highest BCUT2D eigenvalue weighted by atomic mass is 32.2. The lowest BCUT2D eigenvalue weighted by Crippen LogP contribution is -2.53. The van der Waals surface area contributed by atoms with Crippen LogP contribution in [0.2, 0.25) is 0 Å². The van der Waals surface area contributed by atoms with Gasteiger partial charge in [0.25, 0.3) is 15.7 Å². The van der Waals surface area contributed by atoms with Gasteiger partial charge in [0.2, 0.25) is 11.8 Å². The largest absolute Gasteiger partial charge is 0.497 e. The number of hydrogen-bond acceptors (Lipinski definition) is 8. The molecule has 0 aromatic heterocycles. The van der Waals surface area contributed by atoms with Crippen molar-refractivity contribution in [3.8, 4) is 11.5 Å². The molecule has 12 nitrogen and oxygen atoms in total. The van der Waals surface area contributed by atoms with Gasteiger partial charge < -0.3 is 19.7 Å². The van der Waals surface area contributed by atoms with E-state index in [1.807, 2.05) is 37.3 Å². The number of nitro groups is 1. The molecule has 1 atom stereocenters. The molecule has 1 N–H and O–H groups in total. The van der Waals surface area contributed by atoms with Gasteiger partial charge in [-0.15, -0.1) is 0 Å². The predicted octanol–water partition coefficient (Wildman–Crippen LogP) is 5.28. The van der Waals surface area contributed by atoms with Gasteiger partial charge in [-0.1, -0.05) is 55.5 Å². The number of aryl methyl sites for hydroxylation is 1. The Balaban J connectivity index is 1.84. The first-order valence-corrected chi connectivity index (χ1v) is 17.1. The molecule has 0 aliphatic heterocycles. The summed E-state index contributed by atoms with van der Waals surface area (Å²) in [5, 5.41) is 14.6. The molecule has 0 saturated heterocycles. The lowest BCUT2D eigenvalue weighted by Gasteiger charge is -2.34. The first-order valence-electron chi connectivity index (χ1n) is 15.6. The Morgan fingerprint density at radius 3 is 2.18 bits per heavy atom. The number of methoxy groups -OCH3 is 2. The van der Waals surface area contributed by atoms with E-state index in [1.165, 1.54) is 50.3 Å². The van der Waals surface area contributed by atoms with Crippen molar-refractivity contribution in [1.29, 1.82) is 0 Å². The van der Waals surface area contributed by atoms with Crippen LogP contribution in [0.3, 0.4) is 0 Å². The summed E-state index contributed by atoms with van der Waals surface area (Å²) in [4.78, 5) is 40.5. The molecule has 0 unspecified atom stereocenters. The summed E-state index contributed by atoms with van der Waals surface area (Å²) in [6.45, 7) is 3.04. The van der Waals surface area contributed by atoms with Crippen molar-refractivity contribution in [2.45, 2.75) is 44.2 Å². The fourth-order valence-electron chi connectivity index (χ4n) is 5.24. The average Bonchev–Trinajstić information content (AvgIpc) is 3.11. The number of nitrogens with one attached hydrogen (secondary N) is 1. The quantitative estimate of drug-likeness (QED) is 0.124. The summed E-state index contributed by atoms with van der Waals surface area (Å²) < 4.78 is 40.2. The summed E-state index contributed by atoms with van der Waals surface area (Å²) in [5.74, 6) is -0.0664. The van der Waals surface area contributed by atoms with E-state index in [1.54, 1.807) is 36.4 Å². The molecule has 13 heteroatoms. The number of carbonyl (C=O) groups excluding carboxylic acids is 2. The van der Waals surface area contributed by atoms with Gasteiger partial charge >= 0.3 is 0 Å². The summed E-state index contributed by atoms with van der Waals surface area (Å²) in [7, 11) is -1.57. The number of nitrogens with zero attached hydrogens (tertiary/aromatic N) is 3. The number of benzene rings is 4. The molecule has 0 heterocycles. The van der Waals surface area contributed by atoms with Crippen molar-refractivity contribution >= 4 is 33.2 Å². The molecule has 0 saturated carbocycles. The Bertz CT molecular complexity index is 1870. The van der Waals surface area contributed by atoms with E-state index in [0.717, 1.165) is 15.9 Å². The van der Waals surface area contributed by atoms with E-state index < -0.39 is 39.3 Å². The summed E-state index contributed by atoms with van der Waals surface area (Å²) in [6, 6.07) is 24.9. The van der Waals surface area contributed by atoms with Crippen molar-refractivity contribution in [2.24, 2.45) is 0 Å². The van der Waals surface area contributed by atoms with Gasteiger partial charge in [-0.25, -0.2) is 8.42 Å². The third-order valence-electron chi connectivity index (χ3n) is 7.91. The van der Waals surface area contributed by atoms with Crippen molar-refractivity contribution in [3.63, 3.8) is 0 Å². The zero-order valence-corrected chi connectivity index (χ0v) is 28.7. The number of carbonyl (C=O) groups is 2. The third kappa shape index (κ3) is 9.14. The first kappa shape index (κ1) is 36.4. The van der Waals surface area contributed by atoms with E-state index in [-0.39, 0.29) is 34.8 Å². The fraction of sp³-hybridized carbons (Fsp3) is 0.278. The maximum Gasteiger partial charge on any atom is 0.273 e. The Morgan fingerprint density at radius 1 is 0.878 bits per heavy atom. The highest BCUT2D eigenvalue weighted by Gasteiger charge is 2.35. The van der Waals surface area contributed by atoms with Gasteiger partial charge in [-0.2, -0.15) is 0 Å². The SMILES string of the molecule is CCCNC(=O)[C@@H](Cc1ccccc1)N(Cc1cccc(OC)c1)C(=O)CN(c1ccc(OC)cc1)S(=O)(=O)c1ccc(C)c([N+](=O)[O-])c1. The maximum absolute atomic E-state index is 14.6. The number of hydrogen-bond donors (Lipinski definition) is 1. The lowest BCUT2D eigenvalue weighted by atomic mass is 10.0. The molecule has 0 bridgehead atoms. The average molecular weight is 689 g/mol. The highest BCUT2D eigenvalue weighted by molar-refractivity contribution is 7.92.